The Labute approximate surface area is 217 Å². The molecule has 0 radical (unpaired) electrons. The first-order valence-corrected chi connectivity index (χ1v) is 13.2. The molecule has 0 amide bonds. The lowest BCUT2D eigenvalue weighted by Gasteiger charge is -2.34. The van der Waals surface area contributed by atoms with E-state index >= 15 is 0 Å². The minimum absolute atomic E-state index is 0.629. The number of aryl methyl sites for hydroxylation is 2. The van der Waals surface area contributed by atoms with E-state index < -0.39 is 0 Å². The summed E-state index contributed by atoms with van der Waals surface area (Å²) in [5.41, 5.74) is 9.06. The predicted octanol–water partition coefficient (Wildman–Crippen LogP) is 7.66. The van der Waals surface area contributed by atoms with Gasteiger partial charge in [0.25, 0.3) is 0 Å². The summed E-state index contributed by atoms with van der Waals surface area (Å²) in [7, 11) is 1.78. The number of nitrogens with zero attached hydrogens (tertiary/aromatic N) is 2. The van der Waals surface area contributed by atoms with E-state index in [-0.39, 0.29) is 0 Å². The molecular weight excluding hydrogens is 440 g/mol. The van der Waals surface area contributed by atoms with Crippen molar-refractivity contribution in [3.8, 4) is 17.2 Å². The fraction of sp³-hybridized carbons (Fsp3) is 0.364. The fourth-order valence-electron chi connectivity index (χ4n) is 5.28. The van der Waals surface area contributed by atoms with E-state index in [1.54, 1.807) is 7.11 Å². The van der Waals surface area contributed by atoms with Gasteiger partial charge in [0.2, 0.25) is 0 Å². The van der Waals surface area contributed by atoms with Gasteiger partial charge in [-0.05, 0) is 85.5 Å². The molecule has 3 nitrogen and oxygen atoms in total. The second kappa shape index (κ2) is 12.7. The zero-order valence-electron chi connectivity index (χ0n) is 22.0. The molecule has 0 N–H and O–H groups in total. The monoisotopic (exact) mass is 478 g/mol. The van der Waals surface area contributed by atoms with Crippen molar-refractivity contribution in [3.05, 3.63) is 94.0 Å². The highest BCUT2D eigenvalue weighted by molar-refractivity contribution is 5.80. The highest BCUT2D eigenvalue weighted by Crippen LogP contribution is 2.28. The molecule has 0 bridgehead atoms. The highest BCUT2D eigenvalue weighted by Gasteiger charge is 2.20. The number of methoxy groups -OCH3 is 1. The molecule has 186 valence electrons. The number of ether oxygens (including phenoxy) is 1. The van der Waals surface area contributed by atoms with E-state index in [1.807, 2.05) is 36.4 Å². The molecule has 3 heteroatoms. The number of rotatable bonds is 9. The third kappa shape index (κ3) is 6.32. The van der Waals surface area contributed by atoms with Crippen molar-refractivity contribution in [3.63, 3.8) is 0 Å². The zero-order chi connectivity index (χ0) is 25.3. The maximum Gasteiger partial charge on any atom is 0.100 e. The third-order valence-electron chi connectivity index (χ3n) is 7.43. The van der Waals surface area contributed by atoms with E-state index in [9.17, 15) is 5.26 Å². The van der Waals surface area contributed by atoms with Crippen LogP contribution in [-0.2, 0) is 17.7 Å². The van der Waals surface area contributed by atoms with E-state index in [0.717, 1.165) is 48.2 Å². The fourth-order valence-corrected chi connectivity index (χ4v) is 5.28. The number of piperidine rings is 1. The molecule has 0 saturated carbocycles. The van der Waals surface area contributed by atoms with Gasteiger partial charge in [0.15, 0.2) is 0 Å². The third-order valence-corrected chi connectivity index (χ3v) is 7.43. The molecule has 1 heterocycles. The molecule has 1 aliphatic rings. The van der Waals surface area contributed by atoms with Crippen LogP contribution in [0, 0.1) is 18.3 Å². The van der Waals surface area contributed by atoms with Gasteiger partial charge in [-0.3, -0.25) is 4.90 Å². The van der Waals surface area contributed by atoms with Gasteiger partial charge in [-0.2, -0.15) is 5.26 Å². The summed E-state index contributed by atoms with van der Waals surface area (Å²) in [5.74, 6) is 0. The standard InChI is InChI=1S/C33H38N2O/c1-25-21-30(15-10-20-36-3)31(24-35-19-8-7-11-26(35)2)22-29(25)18-17-28-14-9-16-32(33(28)23-34)27-12-5-4-6-13-27/h4-6,9,12-14,16-18,21-22,26H,7-8,10-11,15,19-20,24H2,1-3H3/b18-17+. The summed E-state index contributed by atoms with van der Waals surface area (Å²) in [6.45, 7) is 7.52. The first-order chi connectivity index (χ1) is 17.6. The largest absolute Gasteiger partial charge is 0.385 e. The van der Waals surface area contributed by atoms with E-state index in [4.69, 9.17) is 4.74 Å². The zero-order valence-corrected chi connectivity index (χ0v) is 22.0. The Hall–Kier alpha value is -3.19. The van der Waals surface area contributed by atoms with Crippen LogP contribution in [0.5, 0.6) is 0 Å². The number of nitriles is 1. The van der Waals surface area contributed by atoms with Crippen LogP contribution in [0.2, 0.25) is 0 Å². The van der Waals surface area contributed by atoms with Gasteiger partial charge in [0, 0.05) is 31.9 Å². The van der Waals surface area contributed by atoms with Crippen LogP contribution < -0.4 is 0 Å². The molecule has 4 rings (SSSR count). The first-order valence-electron chi connectivity index (χ1n) is 13.2. The van der Waals surface area contributed by atoms with Gasteiger partial charge in [-0.1, -0.05) is 73.2 Å². The van der Waals surface area contributed by atoms with Crippen molar-refractivity contribution < 1.29 is 4.74 Å². The summed E-state index contributed by atoms with van der Waals surface area (Å²) < 4.78 is 5.33. The summed E-state index contributed by atoms with van der Waals surface area (Å²) in [6, 6.07) is 24.1. The van der Waals surface area contributed by atoms with E-state index in [2.05, 4.69) is 61.2 Å². The SMILES string of the molecule is COCCCc1cc(C)c(/C=C/c2cccc(-c3ccccc3)c2C#N)cc1CN1CCCCC1C. The Bertz CT molecular complexity index is 1220. The molecule has 1 atom stereocenters. The smallest absolute Gasteiger partial charge is 0.100 e. The molecule has 3 aromatic rings. The first kappa shape index (κ1) is 25.9. The summed E-state index contributed by atoms with van der Waals surface area (Å²) in [5, 5.41) is 10.0. The van der Waals surface area contributed by atoms with Gasteiger partial charge >= 0.3 is 0 Å². The van der Waals surface area contributed by atoms with Crippen LogP contribution in [-0.4, -0.2) is 31.2 Å². The summed E-state index contributed by atoms with van der Waals surface area (Å²) in [6.07, 6.45) is 10.3. The van der Waals surface area contributed by atoms with Gasteiger partial charge in [0.05, 0.1) is 5.56 Å². The molecule has 1 aliphatic heterocycles. The van der Waals surface area contributed by atoms with Gasteiger partial charge in [-0.15, -0.1) is 0 Å². The maximum atomic E-state index is 10.0. The normalized spacial score (nSPS) is 16.3. The molecule has 0 aliphatic carbocycles. The van der Waals surface area contributed by atoms with Gasteiger partial charge in [-0.25, -0.2) is 0 Å². The summed E-state index contributed by atoms with van der Waals surface area (Å²) >= 11 is 0. The lowest BCUT2D eigenvalue weighted by Crippen LogP contribution is -2.37. The Kier molecular flexibility index (Phi) is 9.11. The van der Waals surface area contributed by atoms with Crippen LogP contribution >= 0.6 is 0 Å². The van der Waals surface area contributed by atoms with Crippen LogP contribution in [0.15, 0.2) is 60.7 Å². The average Bonchev–Trinajstić information content (AvgIpc) is 2.90. The molecule has 1 unspecified atom stereocenters. The molecule has 0 spiro atoms. The quantitative estimate of drug-likeness (QED) is 0.234. The number of hydrogen-bond donors (Lipinski definition) is 0. The maximum absolute atomic E-state index is 10.0. The van der Waals surface area contributed by atoms with Crippen molar-refractivity contribution >= 4 is 12.2 Å². The second-order valence-electron chi connectivity index (χ2n) is 9.97. The number of benzene rings is 3. The molecule has 0 aromatic heterocycles. The topological polar surface area (TPSA) is 36.3 Å². The van der Waals surface area contributed by atoms with Crippen LogP contribution in [0.25, 0.3) is 23.3 Å². The highest BCUT2D eigenvalue weighted by atomic mass is 16.5. The lowest BCUT2D eigenvalue weighted by atomic mass is 9.93. The predicted molar refractivity (Wildman–Crippen MR) is 151 cm³/mol. The van der Waals surface area contributed by atoms with Crippen LogP contribution in [0.1, 0.15) is 66.0 Å². The van der Waals surface area contributed by atoms with Crippen molar-refractivity contribution in [1.82, 2.24) is 4.90 Å². The van der Waals surface area contributed by atoms with Crippen molar-refractivity contribution in [1.29, 1.82) is 5.26 Å². The molecule has 3 aromatic carbocycles. The number of hydrogen-bond acceptors (Lipinski definition) is 3. The Morgan fingerprint density at radius 1 is 1.00 bits per heavy atom. The van der Waals surface area contributed by atoms with E-state index in [1.165, 1.54) is 48.1 Å². The molecular formula is C33H38N2O. The van der Waals surface area contributed by atoms with Gasteiger partial charge < -0.3 is 4.74 Å². The van der Waals surface area contributed by atoms with E-state index in [0.29, 0.717) is 6.04 Å². The minimum Gasteiger partial charge on any atom is -0.385 e. The minimum atomic E-state index is 0.629. The Morgan fingerprint density at radius 2 is 1.81 bits per heavy atom. The van der Waals surface area contributed by atoms with Crippen LogP contribution in [0.4, 0.5) is 0 Å². The summed E-state index contributed by atoms with van der Waals surface area (Å²) in [4.78, 5) is 2.64. The van der Waals surface area contributed by atoms with Gasteiger partial charge in [0.1, 0.15) is 6.07 Å². The molecule has 1 saturated heterocycles. The molecule has 1 fully saturated rings. The van der Waals surface area contributed by atoms with Crippen molar-refractivity contribution in [2.45, 2.75) is 58.5 Å². The Morgan fingerprint density at radius 3 is 2.56 bits per heavy atom. The number of likely N-dealkylation sites (tertiary alicyclic amines) is 1. The lowest BCUT2D eigenvalue weighted by molar-refractivity contribution is 0.152. The van der Waals surface area contributed by atoms with Crippen molar-refractivity contribution in [2.75, 3.05) is 20.3 Å². The second-order valence-corrected chi connectivity index (χ2v) is 9.97. The van der Waals surface area contributed by atoms with Crippen molar-refractivity contribution in [2.24, 2.45) is 0 Å². The molecule has 36 heavy (non-hydrogen) atoms. The Balaban J connectivity index is 1.66. The van der Waals surface area contributed by atoms with Crippen LogP contribution in [0.3, 0.4) is 0 Å². The average molecular weight is 479 g/mol.